The van der Waals surface area contributed by atoms with Gasteiger partial charge in [0.2, 0.25) is 11.8 Å². The maximum Gasteiger partial charge on any atom is 0.230 e. The number of carbonyl (C=O) groups is 2. The number of likely N-dealkylation sites (tertiary alicyclic amines) is 1. The van der Waals surface area contributed by atoms with Crippen LogP contribution in [0.3, 0.4) is 0 Å². The Morgan fingerprint density at radius 3 is 2.38 bits per heavy atom. The first kappa shape index (κ1) is 17.0. The zero-order chi connectivity index (χ0) is 17.1. The van der Waals surface area contributed by atoms with Gasteiger partial charge in [-0.25, -0.2) is 0 Å². The molecule has 2 aliphatic rings. The van der Waals surface area contributed by atoms with E-state index in [0.29, 0.717) is 5.92 Å². The van der Waals surface area contributed by atoms with Crippen molar-refractivity contribution in [3.63, 3.8) is 0 Å². The van der Waals surface area contributed by atoms with E-state index in [2.05, 4.69) is 19.2 Å². The molecule has 1 saturated carbocycles. The van der Waals surface area contributed by atoms with E-state index in [0.717, 1.165) is 44.3 Å². The van der Waals surface area contributed by atoms with Crippen LogP contribution in [0.25, 0.3) is 0 Å². The van der Waals surface area contributed by atoms with Gasteiger partial charge in [0.05, 0.1) is 5.92 Å². The van der Waals surface area contributed by atoms with E-state index in [4.69, 9.17) is 0 Å². The van der Waals surface area contributed by atoms with Crippen LogP contribution in [0.2, 0.25) is 0 Å². The molecule has 0 unspecified atom stereocenters. The second-order valence-electron chi connectivity index (χ2n) is 7.30. The van der Waals surface area contributed by atoms with E-state index in [1.807, 2.05) is 35.2 Å². The summed E-state index contributed by atoms with van der Waals surface area (Å²) in [4.78, 5) is 26.9. The Labute approximate surface area is 144 Å². The highest BCUT2D eigenvalue weighted by Crippen LogP contribution is 2.38. The molecule has 4 nitrogen and oxygen atoms in total. The monoisotopic (exact) mass is 328 g/mol. The molecular weight excluding hydrogens is 300 g/mol. The van der Waals surface area contributed by atoms with Crippen LogP contribution in [0.1, 0.15) is 51.0 Å². The summed E-state index contributed by atoms with van der Waals surface area (Å²) in [6.07, 6.45) is 3.57. The van der Waals surface area contributed by atoms with Gasteiger partial charge in [-0.05, 0) is 37.2 Å². The average molecular weight is 328 g/mol. The number of hydrogen-bond donors (Lipinski definition) is 1. The van der Waals surface area contributed by atoms with Gasteiger partial charge < -0.3 is 10.2 Å². The highest BCUT2D eigenvalue weighted by Gasteiger charge is 2.40. The van der Waals surface area contributed by atoms with E-state index in [9.17, 15) is 9.59 Å². The molecule has 24 heavy (non-hydrogen) atoms. The molecule has 1 aliphatic heterocycles. The Kier molecular flexibility index (Phi) is 5.22. The Hall–Kier alpha value is -1.84. The Morgan fingerprint density at radius 2 is 1.83 bits per heavy atom. The van der Waals surface area contributed by atoms with Crippen LogP contribution in [0.4, 0.5) is 0 Å². The van der Waals surface area contributed by atoms with Gasteiger partial charge in [-0.1, -0.05) is 44.2 Å². The van der Waals surface area contributed by atoms with E-state index in [-0.39, 0.29) is 29.7 Å². The lowest BCUT2D eigenvalue weighted by Gasteiger charge is -2.34. The Bertz CT molecular complexity index is 579. The highest BCUT2D eigenvalue weighted by molar-refractivity contribution is 5.84. The minimum atomic E-state index is -0.0512. The Morgan fingerprint density at radius 1 is 1.21 bits per heavy atom. The second-order valence-corrected chi connectivity index (χ2v) is 7.30. The number of nitrogens with zero attached hydrogens (tertiary/aromatic N) is 1. The van der Waals surface area contributed by atoms with E-state index in [1.54, 1.807) is 0 Å². The Balaban J connectivity index is 1.52. The molecule has 2 amide bonds. The van der Waals surface area contributed by atoms with Crippen molar-refractivity contribution in [3.8, 4) is 0 Å². The van der Waals surface area contributed by atoms with Crippen molar-refractivity contribution in [2.45, 2.75) is 51.5 Å². The molecule has 130 valence electrons. The molecule has 0 spiro atoms. The molecule has 4 heteroatoms. The van der Waals surface area contributed by atoms with Crippen molar-refractivity contribution in [1.29, 1.82) is 0 Å². The fraction of sp³-hybridized carbons (Fsp3) is 0.600. The van der Waals surface area contributed by atoms with Crippen LogP contribution in [-0.4, -0.2) is 35.8 Å². The van der Waals surface area contributed by atoms with Gasteiger partial charge in [0.25, 0.3) is 0 Å². The number of rotatable bonds is 5. The third kappa shape index (κ3) is 3.80. The predicted octanol–water partition coefficient (Wildman–Crippen LogP) is 2.94. The molecule has 3 rings (SSSR count). The predicted molar refractivity (Wildman–Crippen MR) is 94.5 cm³/mol. The fourth-order valence-electron chi connectivity index (χ4n) is 3.70. The molecule has 1 N–H and O–H groups in total. The van der Waals surface area contributed by atoms with Gasteiger partial charge in [0, 0.05) is 25.0 Å². The maximum absolute atomic E-state index is 12.9. The summed E-state index contributed by atoms with van der Waals surface area (Å²) in [6, 6.07) is 10.3. The topological polar surface area (TPSA) is 49.4 Å². The first-order chi connectivity index (χ1) is 11.6. The summed E-state index contributed by atoms with van der Waals surface area (Å²) < 4.78 is 0. The lowest BCUT2D eigenvalue weighted by atomic mass is 9.93. The van der Waals surface area contributed by atoms with Gasteiger partial charge in [0.15, 0.2) is 0 Å². The van der Waals surface area contributed by atoms with Crippen LogP contribution >= 0.6 is 0 Å². The summed E-state index contributed by atoms with van der Waals surface area (Å²) in [5, 5.41) is 3.17. The molecule has 0 radical (unpaired) electrons. The first-order valence-electron chi connectivity index (χ1n) is 9.24. The summed E-state index contributed by atoms with van der Waals surface area (Å²) in [5.74, 6) is 1.16. The minimum Gasteiger partial charge on any atom is -0.353 e. The van der Waals surface area contributed by atoms with E-state index < -0.39 is 0 Å². The van der Waals surface area contributed by atoms with Crippen LogP contribution in [-0.2, 0) is 9.59 Å². The quantitative estimate of drug-likeness (QED) is 0.903. The molecule has 1 aromatic rings. The van der Waals surface area contributed by atoms with Crippen LogP contribution < -0.4 is 5.32 Å². The normalized spacial score (nSPS) is 25.2. The number of carbonyl (C=O) groups excluding carboxylic acids is 2. The summed E-state index contributed by atoms with van der Waals surface area (Å²) >= 11 is 0. The van der Waals surface area contributed by atoms with Crippen molar-refractivity contribution in [2.75, 3.05) is 13.1 Å². The van der Waals surface area contributed by atoms with Crippen molar-refractivity contribution in [1.82, 2.24) is 10.2 Å². The number of nitrogens with one attached hydrogen (secondary N) is 1. The molecule has 0 bridgehead atoms. The molecule has 1 aliphatic carbocycles. The smallest absolute Gasteiger partial charge is 0.230 e. The van der Waals surface area contributed by atoms with Gasteiger partial charge >= 0.3 is 0 Å². The molecule has 2 fully saturated rings. The number of piperidine rings is 1. The third-order valence-electron chi connectivity index (χ3n) is 5.51. The number of amides is 2. The standard InChI is InChI=1S/C20H28N2O2/c1-3-17(15-7-5-4-6-8-15)20(24)22-11-9-16(10-12-22)21-19(23)18-13-14(18)2/h4-8,14,16-18H,3,9-13H2,1-2H3,(H,21,23)/t14-,17+,18-/m1/s1. The molecule has 1 saturated heterocycles. The minimum absolute atomic E-state index is 0.0512. The number of hydrogen-bond acceptors (Lipinski definition) is 2. The van der Waals surface area contributed by atoms with Gasteiger partial charge in [-0.2, -0.15) is 0 Å². The summed E-state index contributed by atoms with van der Waals surface area (Å²) in [5.41, 5.74) is 1.10. The lowest BCUT2D eigenvalue weighted by Crippen LogP contribution is -2.48. The number of benzene rings is 1. The van der Waals surface area contributed by atoms with Crippen molar-refractivity contribution < 1.29 is 9.59 Å². The molecule has 3 atom stereocenters. The van der Waals surface area contributed by atoms with E-state index >= 15 is 0 Å². The van der Waals surface area contributed by atoms with Gasteiger partial charge in [-0.15, -0.1) is 0 Å². The van der Waals surface area contributed by atoms with Crippen molar-refractivity contribution in [3.05, 3.63) is 35.9 Å². The maximum atomic E-state index is 12.9. The summed E-state index contributed by atoms with van der Waals surface area (Å²) in [7, 11) is 0. The van der Waals surface area contributed by atoms with Gasteiger partial charge in [-0.3, -0.25) is 9.59 Å². The first-order valence-corrected chi connectivity index (χ1v) is 9.24. The highest BCUT2D eigenvalue weighted by atomic mass is 16.2. The second kappa shape index (κ2) is 7.37. The van der Waals surface area contributed by atoms with E-state index in [1.165, 1.54) is 0 Å². The lowest BCUT2D eigenvalue weighted by molar-refractivity contribution is -0.134. The van der Waals surface area contributed by atoms with Crippen LogP contribution in [0.15, 0.2) is 30.3 Å². The molecule has 1 aromatic carbocycles. The fourth-order valence-corrected chi connectivity index (χ4v) is 3.70. The average Bonchev–Trinajstić information content (AvgIpc) is 3.34. The van der Waals surface area contributed by atoms with Gasteiger partial charge in [0.1, 0.15) is 0 Å². The van der Waals surface area contributed by atoms with Crippen LogP contribution in [0, 0.1) is 11.8 Å². The zero-order valence-electron chi connectivity index (χ0n) is 14.7. The van der Waals surface area contributed by atoms with Crippen molar-refractivity contribution >= 4 is 11.8 Å². The molecular formula is C20H28N2O2. The molecule has 1 heterocycles. The van der Waals surface area contributed by atoms with Crippen LogP contribution in [0.5, 0.6) is 0 Å². The third-order valence-corrected chi connectivity index (χ3v) is 5.51. The van der Waals surface area contributed by atoms with Crippen molar-refractivity contribution in [2.24, 2.45) is 11.8 Å². The zero-order valence-corrected chi connectivity index (χ0v) is 14.7. The SMILES string of the molecule is CC[C@H](C(=O)N1CCC(NC(=O)[C@@H]2C[C@H]2C)CC1)c1ccccc1. The largest absolute Gasteiger partial charge is 0.353 e. The molecule has 0 aromatic heterocycles. The summed E-state index contributed by atoms with van der Waals surface area (Å²) in [6.45, 7) is 5.68.